The van der Waals surface area contributed by atoms with Crippen LogP contribution in [0.5, 0.6) is 0 Å². The third-order valence-electron chi connectivity index (χ3n) is 0.869. The maximum Gasteiger partial charge on any atom is 0.0621 e. The zero-order valence-electron chi connectivity index (χ0n) is 5.88. The molecule has 0 bridgehead atoms. The Morgan fingerprint density at radius 2 is 2.10 bits per heavy atom. The van der Waals surface area contributed by atoms with Crippen molar-refractivity contribution in [2.75, 3.05) is 13.2 Å². The lowest BCUT2D eigenvalue weighted by Gasteiger charge is -1.81. The molecular weight excluding hydrogens is 128 g/mol. The van der Waals surface area contributed by atoms with Crippen LogP contribution in [0.3, 0.4) is 0 Å². The molecule has 2 nitrogen and oxygen atoms in total. The van der Waals surface area contributed by atoms with E-state index in [1.165, 1.54) is 0 Å². The standard InChI is InChI=1S/C8H12O2/c9-7-5-3-1-2-4-6-8-10/h3,5,9-10H,4,6-8H2/b5-3+. The molecule has 0 unspecified atom stereocenters. The molecule has 56 valence electrons. The van der Waals surface area contributed by atoms with Gasteiger partial charge in [0.15, 0.2) is 0 Å². The SMILES string of the molecule is OC/C=C/C#CCCCO. The average molecular weight is 140 g/mol. The van der Waals surface area contributed by atoms with Crippen LogP contribution in [0.4, 0.5) is 0 Å². The largest absolute Gasteiger partial charge is 0.396 e. The fourth-order valence-corrected chi connectivity index (χ4v) is 0.410. The number of hydrogen-bond donors (Lipinski definition) is 2. The number of aliphatic hydroxyl groups excluding tert-OH is 2. The number of rotatable bonds is 3. The molecule has 2 N–H and O–H groups in total. The molecule has 0 aliphatic heterocycles. The van der Waals surface area contributed by atoms with Gasteiger partial charge in [0.1, 0.15) is 0 Å². The summed E-state index contributed by atoms with van der Waals surface area (Å²) in [5, 5.41) is 16.6. The van der Waals surface area contributed by atoms with Gasteiger partial charge in [-0.05, 0) is 12.5 Å². The second-order valence-corrected chi connectivity index (χ2v) is 1.73. The zero-order chi connectivity index (χ0) is 7.66. The molecule has 0 rings (SSSR count). The fraction of sp³-hybridized carbons (Fsp3) is 0.500. The Bertz CT molecular complexity index is 139. The van der Waals surface area contributed by atoms with Gasteiger partial charge < -0.3 is 10.2 Å². The average Bonchev–Trinajstić information content (AvgIpc) is 1.97. The number of unbranched alkanes of at least 4 members (excludes halogenated alkanes) is 1. The van der Waals surface area contributed by atoms with Crippen LogP contribution in [-0.4, -0.2) is 23.4 Å². The van der Waals surface area contributed by atoms with Gasteiger partial charge in [-0.15, -0.1) is 0 Å². The van der Waals surface area contributed by atoms with Crippen LogP contribution in [0.25, 0.3) is 0 Å². The van der Waals surface area contributed by atoms with E-state index in [1.807, 2.05) is 0 Å². The Kier molecular flexibility index (Phi) is 7.58. The van der Waals surface area contributed by atoms with Crippen LogP contribution >= 0.6 is 0 Å². The van der Waals surface area contributed by atoms with Crippen molar-refractivity contribution in [1.82, 2.24) is 0 Å². The van der Waals surface area contributed by atoms with E-state index in [0.717, 1.165) is 6.42 Å². The molecular formula is C8H12O2. The van der Waals surface area contributed by atoms with Crippen molar-refractivity contribution in [3.8, 4) is 11.8 Å². The molecule has 2 heteroatoms. The Morgan fingerprint density at radius 3 is 2.70 bits per heavy atom. The highest BCUT2D eigenvalue weighted by Crippen LogP contribution is 1.82. The van der Waals surface area contributed by atoms with Crippen LogP contribution in [0.2, 0.25) is 0 Å². The molecule has 0 aromatic carbocycles. The van der Waals surface area contributed by atoms with Gasteiger partial charge >= 0.3 is 0 Å². The minimum absolute atomic E-state index is 0.0364. The molecule has 0 saturated carbocycles. The van der Waals surface area contributed by atoms with E-state index in [2.05, 4.69) is 11.8 Å². The first-order valence-electron chi connectivity index (χ1n) is 3.27. The molecule has 0 spiro atoms. The molecule has 0 heterocycles. The van der Waals surface area contributed by atoms with Crippen LogP contribution in [-0.2, 0) is 0 Å². The molecule has 0 aliphatic carbocycles. The fourth-order valence-electron chi connectivity index (χ4n) is 0.410. The van der Waals surface area contributed by atoms with E-state index in [0.29, 0.717) is 6.42 Å². The predicted octanol–water partition coefficient (Wildman–Crippen LogP) is 0.311. The number of aliphatic hydroxyl groups is 2. The van der Waals surface area contributed by atoms with Crippen molar-refractivity contribution in [3.63, 3.8) is 0 Å². The molecule has 0 aromatic heterocycles. The van der Waals surface area contributed by atoms with Crippen molar-refractivity contribution < 1.29 is 10.2 Å². The molecule has 0 amide bonds. The summed E-state index contributed by atoms with van der Waals surface area (Å²) in [5.74, 6) is 5.53. The van der Waals surface area contributed by atoms with Crippen LogP contribution in [0, 0.1) is 11.8 Å². The minimum atomic E-state index is 0.0364. The summed E-state index contributed by atoms with van der Waals surface area (Å²) in [6.45, 7) is 0.229. The van der Waals surface area contributed by atoms with Crippen molar-refractivity contribution in [2.45, 2.75) is 12.8 Å². The van der Waals surface area contributed by atoms with Crippen molar-refractivity contribution >= 4 is 0 Å². The molecule has 0 saturated heterocycles. The summed E-state index contributed by atoms with van der Waals surface area (Å²) in [5.41, 5.74) is 0. The van der Waals surface area contributed by atoms with Crippen molar-refractivity contribution in [3.05, 3.63) is 12.2 Å². The van der Waals surface area contributed by atoms with Crippen LogP contribution < -0.4 is 0 Å². The van der Waals surface area contributed by atoms with Crippen molar-refractivity contribution in [2.24, 2.45) is 0 Å². The summed E-state index contributed by atoms with van der Waals surface area (Å²) in [7, 11) is 0. The van der Waals surface area contributed by atoms with Gasteiger partial charge in [-0.2, -0.15) is 0 Å². The summed E-state index contributed by atoms with van der Waals surface area (Å²) in [6.07, 6.45) is 4.62. The van der Waals surface area contributed by atoms with Gasteiger partial charge in [-0.3, -0.25) is 0 Å². The molecule has 0 fully saturated rings. The van der Waals surface area contributed by atoms with Crippen molar-refractivity contribution in [1.29, 1.82) is 0 Å². The van der Waals surface area contributed by atoms with E-state index >= 15 is 0 Å². The highest BCUT2D eigenvalue weighted by atomic mass is 16.3. The second kappa shape index (κ2) is 8.22. The van der Waals surface area contributed by atoms with E-state index in [4.69, 9.17) is 10.2 Å². The third-order valence-corrected chi connectivity index (χ3v) is 0.869. The van der Waals surface area contributed by atoms with Gasteiger partial charge in [0, 0.05) is 13.0 Å². The summed E-state index contributed by atoms with van der Waals surface area (Å²) >= 11 is 0. The Hall–Kier alpha value is -0.780. The smallest absolute Gasteiger partial charge is 0.0621 e. The topological polar surface area (TPSA) is 40.5 Å². The summed E-state index contributed by atoms with van der Waals surface area (Å²) in [4.78, 5) is 0. The first-order chi connectivity index (χ1) is 4.91. The second-order valence-electron chi connectivity index (χ2n) is 1.73. The van der Waals surface area contributed by atoms with Gasteiger partial charge in [-0.1, -0.05) is 17.9 Å². The quantitative estimate of drug-likeness (QED) is 0.437. The first-order valence-corrected chi connectivity index (χ1v) is 3.27. The molecule has 10 heavy (non-hydrogen) atoms. The lowest BCUT2D eigenvalue weighted by Crippen LogP contribution is -1.78. The monoisotopic (exact) mass is 140 g/mol. The predicted molar refractivity (Wildman–Crippen MR) is 40.3 cm³/mol. The van der Waals surface area contributed by atoms with E-state index in [-0.39, 0.29) is 13.2 Å². The Balaban J connectivity index is 3.22. The highest BCUT2D eigenvalue weighted by Gasteiger charge is 1.74. The minimum Gasteiger partial charge on any atom is -0.396 e. The molecule has 0 atom stereocenters. The van der Waals surface area contributed by atoms with E-state index in [1.54, 1.807) is 12.2 Å². The highest BCUT2D eigenvalue weighted by molar-refractivity contribution is 5.14. The maximum atomic E-state index is 8.34. The first kappa shape index (κ1) is 9.22. The van der Waals surface area contributed by atoms with Crippen LogP contribution in [0.15, 0.2) is 12.2 Å². The van der Waals surface area contributed by atoms with Crippen LogP contribution in [0.1, 0.15) is 12.8 Å². The third kappa shape index (κ3) is 7.22. The zero-order valence-corrected chi connectivity index (χ0v) is 5.88. The number of hydrogen-bond acceptors (Lipinski definition) is 2. The van der Waals surface area contributed by atoms with E-state index < -0.39 is 0 Å². The van der Waals surface area contributed by atoms with E-state index in [9.17, 15) is 0 Å². The van der Waals surface area contributed by atoms with Gasteiger partial charge in [0.25, 0.3) is 0 Å². The van der Waals surface area contributed by atoms with Gasteiger partial charge in [0.05, 0.1) is 6.61 Å². The summed E-state index contributed by atoms with van der Waals surface area (Å²) < 4.78 is 0. The molecule has 0 aliphatic rings. The lowest BCUT2D eigenvalue weighted by molar-refractivity contribution is 0.290. The summed E-state index contributed by atoms with van der Waals surface area (Å²) in [6, 6.07) is 0. The normalized spacial score (nSPS) is 9.40. The van der Waals surface area contributed by atoms with Gasteiger partial charge in [0.2, 0.25) is 0 Å². The molecule has 0 aromatic rings. The maximum absolute atomic E-state index is 8.34. The Morgan fingerprint density at radius 1 is 1.30 bits per heavy atom. The number of allylic oxidation sites excluding steroid dienone is 1. The lowest BCUT2D eigenvalue weighted by atomic mass is 10.3. The Labute approximate surface area is 61.2 Å². The van der Waals surface area contributed by atoms with Gasteiger partial charge in [-0.25, -0.2) is 0 Å². The molecule has 0 radical (unpaired) electrons.